The average molecular weight is 562 g/mol. The summed E-state index contributed by atoms with van der Waals surface area (Å²) >= 11 is 0. The highest BCUT2D eigenvalue weighted by Gasteiger charge is 2.38. The molecule has 0 bridgehead atoms. The minimum Gasteiger partial charge on any atom is -0.476 e. The second-order valence-corrected chi connectivity index (χ2v) is 13.6. The number of hydrogen-bond acceptors (Lipinski definition) is 5. The van der Waals surface area contributed by atoms with Crippen LogP contribution in [0.1, 0.15) is 56.7 Å². The molecule has 8 heteroatoms. The number of rotatable bonds is 7. The minimum absolute atomic E-state index is 0.113. The van der Waals surface area contributed by atoms with E-state index in [1.54, 1.807) is 36.4 Å². The number of nitrogens with one attached hydrogen (secondary N) is 1. The number of piperidine rings is 1. The van der Waals surface area contributed by atoms with Crippen LogP contribution in [0.15, 0.2) is 77.7 Å². The molecule has 0 radical (unpaired) electrons. The van der Waals surface area contributed by atoms with Gasteiger partial charge in [-0.25, -0.2) is 8.42 Å². The topological polar surface area (TPSA) is 79.0 Å². The van der Waals surface area contributed by atoms with Crippen LogP contribution in [0.3, 0.4) is 0 Å². The van der Waals surface area contributed by atoms with Crippen molar-refractivity contribution in [2.75, 3.05) is 23.9 Å². The predicted octanol–water partition coefficient (Wildman–Crippen LogP) is 5.24. The van der Waals surface area contributed by atoms with Gasteiger partial charge in [0, 0.05) is 13.1 Å². The van der Waals surface area contributed by atoms with Gasteiger partial charge in [0.25, 0.3) is 15.9 Å². The first-order chi connectivity index (χ1) is 19.1. The van der Waals surface area contributed by atoms with Gasteiger partial charge in [-0.2, -0.15) is 0 Å². The van der Waals surface area contributed by atoms with Gasteiger partial charge in [-0.05, 0) is 72.3 Å². The number of likely N-dealkylation sites (tertiary alicyclic amines) is 1. The first kappa shape index (κ1) is 28.2. The fraction of sp³-hybridized carbons (Fsp3) is 0.406. The highest BCUT2D eigenvalue weighted by molar-refractivity contribution is 7.92. The van der Waals surface area contributed by atoms with Crippen LogP contribution >= 0.6 is 0 Å². The highest BCUT2D eigenvalue weighted by atomic mass is 32.2. The van der Waals surface area contributed by atoms with E-state index in [4.69, 9.17) is 4.74 Å². The summed E-state index contributed by atoms with van der Waals surface area (Å²) in [4.78, 5) is 15.9. The third kappa shape index (κ3) is 6.34. The molecule has 2 aliphatic heterocycles. The lowest BCUT2D eigenvalue weighted by molar-refractivity contribution is -0.127. The number of carbonyl (C=O) groups is 1. The van der Waals surface area contributed by atoms with Crippen LogP contribution < -0.4 is 14.4 Å². The number of amides is 1. The van der Waals surface area contributed by atoms with E-state index in [-0.39, 0.29) is 22.8 Å². The zero-order valence-corrected chi connectivity index (χ0v) is 24.4. The summed E-state index contributed by atoms with van der Waals surface area (Å²) in [5.41, 5.74) is 3.49. The molecule has 0 aromatic heterocycles. The molecule has 1 saturated heterocycles. The van der Waals surface area contributed by atoms with E-state index in [2.05, 4.69) is 43.1 Å². The van der Waals surface area contributed by atoms with E-state index in [0.717, 1.165) is 30.8 Å². The van der Waals surface area contributed by atoms with Crippen LogP contribution in [0, 0.1) is 0 Å². The van der Waals surface area contributed by atoms with Gasteiger partial charge in [0.2, 0.25) is 0 Å². The monoisotopic (exact) mass is 561 g/mol. The molecule has 7 nitrogen and oxygen atoms in total. The number of hydrogen-bond donors (Lipinski definition) is 1. The Morgan fingerprint density at radius 1 is 0.925 bits per heavy atom. The molecule has 0 aliphatic carbocycles. The van der Waals surface area contributed by atoms with Crippen molar-refractivity contribution in [1.29, 1.82) is 0 Å². The van der Waals surface area contributed by atoms with E-state index in [1.807, 2.05) is 24.3 Å². The second kappa shape index (κ2) is 11.6. The van der Waals surface area contributed by atoms with Crippen LogP contribution in [0.2, 0.25) is 0 Å². The third-order valence-electron chi connectivity index (χ3n) is 7.66. The van der Waals surface area contributed by atoms with Crippen LogP contribution in [-0.2, 0) is 33.3 Å². The lowest BCUT2D eigenvalue weighted by Crippen LogP contribution is -2.50. The zero-order valence-electron chi connectivity index (χ0n) is 23.6. The van der Waals surface area contributed by atoms with Gasteiger partial charge in [-0.3, -0.25) is 14.0 Å². The molecule has 40 heavy (non-hydrogen) atoms. The third-order valence-corrected chi connectivity index (χ3v) is 9.46. The summed E-state index contributed by atoms with van der Waals surface area (Å²) in [6, 6.07) is 22.2. The van der Waals surface area contributed by atoms with Gasteiger partial charge < -0.3 is 10.1 Å². The quantitative estimate of drug-likeness (QED) is 0.427. The van der Waals surface area contributed by atoms with E-state index < -0.39 is 16.1 Å². The molecule has 1 fully saturated rings. The number of carbonyl (C=O) groups excluding carboxylic acids is 1. The molecule has 2 heterocycles. The maximum Gasteiger partial charge on any atom is 0.264 e. The van der Waals surface area contributed by atoms with Crippen molar-refractivity contribution in [2.45, 2.75) is 69.5 Å². The summed E-state index contributed by atoms with van der Waals surface area (Å²) in [5, 5.41) is 2.95. The second-order valence-electron chi connectivity index (χ2n) is 11.8. The van der Waals surface area contributed by atoms with Crippen LogP contribution in [0.4, 0.5) is 5.69 Å². The predicted molar refractivity (Wildman–Crippen MR) is 158 cm³/mol. The van der Waals surface area contributed by atoms with E-state index in [0.29, 0.717) is 18.0 Å². The molecule has 1 atom stereocenters. The Morgan fingerprint density at radius 3 is 2.27 bits per heavy atom. The number of nitrogens with zero attached hydrogens (tertiary/aromatic N) is 2. The minimum atomic E-state index is -3.92. The number of anilines is 1. The van der Waals surface area contributed by atoms with Crippen LogP contribution in [0.5, 0.6) is 5.75 Å². The molecular weight excluding hydrogens is 522 g/mol. The molecular formula is C32H39N3O4S. The van der Waals surface area contributed by atoms with Crippen molar-refractivity contribution in [3.05, 3.63) is 89.5 Å². The normalized spacial score (nSPS) is 18.1. The van der Waals surface area contributed by atoms with Gasteiger partial charge in [0.15, 0.2) is 6.10 Å². The van der Waals surface area contributed by atoms with Gasteiger partial charge in [0.05, 0.1) is 17.1 Å². The van der Waals surface area contributed by atoms with Crippen molar-refractivity contribution in [3.8, 4) is 5.75 Å². The van der Waals surface area contributed by atoms with Crippen molar-refractivity contribution in [2.24, 2.45) is 0 Å². The van der Waals surface area contributed by atoms with Crippen molar-refractivity contribution in [3.63, 3.8) is 0 Å². The molecule has 3 aromatic rings. The Morgan fingerprint density at radius 2 is 1.60 bits per heavy atom. The molecule has 5 rings (SSSR count). The first-order valence-corrected chi connectivity index (χ1v) is 15.5. The maximum absolute atomic E-state index is 13.8. The summed E-state index contributed by atoms with van der Waals surface area (Å²) in [7, 11) is -3.92. The Bertz CT molecular complexity index is 1430. The van der Waals surface area contributed by atoms with Gasteiger partial charge >= 0.3 is 0 Å². The lowest BCUT2D eigenvalue weighted by atomic mass is 9.86. The maximum atomic E-state index is 13.8. The van der Waals surface area contributed by atoms with Gasteiger partial charge in [-0.1, -0.05) is 75.7 Å². The molecule has 3 aromatic carbocycles. The fourth-order valence-electron chi connectivity index (χ4n) is 5.24. The first-order valence-electron chi connectivity index (χ1n) is 14.1. The number of ether oxygens (including phenoxy) is 1. The van der Waals surface area contributed by atoms with E-state index in [1.165, 1.54) is 29.1 Å². The van der Waals surface area contributed by atoms with Crippen LogP contribution in [0.25, 0.3) is 0 Å². The number of benzene rings is 3. The Hall–Kier alpha value is -3.36. The van der Waals surface area contributed by atoms with Gasteiger partial charge in [0.1, 0.15) is 5.75 Å². The van der Waals surface area contributed by atoms with E-state index in [9.17, 15) is 13.2 Å². The number of sulfonamides is 1. The Balaban J connectivity index is 1.32. The molecule has 1 amide bonds. The summed E-state index contributed by atoms with van der Waals surface area (Å²) < 4.78 is 34.9. The SMILES string of the molecule is CC(C)(C)c1ccc2c(c1)N(S(=O)(=O)c1ccccc1)C[C@H](C(=O)NCc1ccc(CN3CCCCC3)cc1)O2. The van der Waals surface area contributed by atoms with Crippen molar-refractivity contribution >= 4 is 21.6 Å². The Kier molecular flexibility index (Phi) is 8.19. The highest BCUT2D eigenvalue weighted by Crippen LogP contribution is 2.40. The van der Waals surface area contributed by atoms with Crippen molar-refractivity contribution < 1.29 is 17.9 Å². The summed E-state index contributed by atoms with van der Waals surface area (Å²) in [6.07, 6.45) is 2.86. The van der Waals surface area contributed by atoms with Crippen molar-refractivity contribution in [1.82, 2.24) is 10.2 Å². The molecule has 212 valence electrons. The van der Waals surface area contributed by atoms with Crippen LogP contribution in [-0.4, -0.2) is 45.0 Å². The molecule has 0 unspecified atom stereocenters. The Labute approximate surface area is 238 Å². The molecule has 1 N–H and O–H groups in total. The van der Waals surface area contributed by atoms with Gasteiger partial charge in [-0.15, -0.1) is 0 Å². The number of fused-ring (bicyclic) bond motifs is 1. The largest absolute Gasteiger partial charge is 0.476 e. The smallest absolute Gasteiger partial charge is 0.264 e. The average Bonchev–Trinajstić information content (AvgIpc) is 2.96. The standard InChI is InChI=1S/C32H39N3O4S/c1-32(2,3)26-16-17-29-28(20-26)35(40(37,38)27-10-6-4-7-11-27)23-30(39-29)31(36)33-21-24-12-14-25(15-13-24)22-34-18-8-5-9-19-34/h4,6-7,10-17,20,30H,5,8-9,18-19,21-23H2,1-3H3,(H,33,36)/t30-/m1/s1. The molecule has 2 aliphatic rings. The van der Waals surface area contributed by atoms with E-state index >= 15 is 0 Å². The molecule has 0 spiro atoms. The summed E-state index contributed by atoms with van der Waals surface area (Å²) in [5.74, 6) is 0.0252. The molecule has 0 saturated carbocycles. The fourth-order valence-corrected chi connectivity index (χ4v) is 6.73. The summed E-state index contributed by atoms with van der Waals surface area (Å²) in [6.45, 7) is 9.70. The lowest BCUT2D eigenvalue weighted by Gasteiger charge is -2.36. The zero-order chi connectivity index (χ0) is 28.3.